The fraction of sp³-hybridized carbons (Fsp3) is 0. The van der Waals surface area contributed by atoms with Crippen LogP contribution in [-0.2, 0) is 0 Å². The van der Waals surface area contributed by atoms with Crippen molar-refractivity contribution >= 4 is 11.3 Å². The van der Waals surface area contributed by atoms with Crippen LogP contribution in [0.1, 0.15) is 10.6 Å². The molecule has 0 N–H and O–H groups in total. The molecular weight excluding hydrogens is 208 g/mol. The first-order valence-corrected chi connectivity index (χ1v) is 4.89. The molecule has 4 nitrogen and oxygen atoms in total. The second-order valence-corrected chi connectivity index (χ2v) is 3.69. The normalized spacial score (nSPS) is 9.20. The summed E-state index contributed by atoms with van der Waals surface area (Å²) in [5.74, 6) is 0. The Kier molecular flexibility index (Phi) is 2.40. The molecular formula is C10H4N4S. The summed E-state index contributed by atoms with van der Waals surface area (Å²) in [7, 11) is 0. The fourth-order valence-electron chi connectivity index (χ4n) is 1.07. The molecule has 0 amide bonds. The van der Waals surface area contributed by atoms with E-state index in [2.05, 4.69) is 10.2 Å². The van der Waals surface area contributed by atoms with Gasteiger partial charge in [0.2, 0.25) is 5.01 Å². The summed E-state index contributed by atoms with van der Waals surface area (Å²) in [5.41, 5.74) is 1.47. The predicted octanol–water partition coefficient (Wildman–Crippen LogP) is 1.95. The van der Waals surface area contributed by atoms with Gasteiger partial charge in [-0.3, -0.25) is 0 Å². The van der Waals surface area contributed by atoms with Crippen molar-refractivity contribution in [3.05, 3.63) is 34.8 Å². The van der Waals surface area contributed by atoms with E-state index in [4.69, 9.17) is 10.5 Å². The van der Waals surface area contributed by atoms with E-state index in [0.29, 0.717) is 15.6 Å². The first-order chi connectivity index (χ1) is 7.33. The zero-order chi connectivity index (χ0) is 10.7. The lowest BCUT2D eigenvalue weighted by Gasteiger charge is -1.93. The minimum Gasteiger partial charge on any atom is -0.192 e. The number of hydrogen-bond donors (Lipinski definition) is 0. The molecule has 15 heavy (non-hydrogen) atoms. The predicted molar refractivity (Wildman–Crippen MR) is 54.8 cm³/mol. The van der Waals surface area contributed by atoms with Crippen molar-refractivity contribution < 1.29 is 0 Å². The Labute approximate surface area is 90.1 Å². The third-order valence-electron chi connectivity index (χ3n) is 1.78. The maximum atomic E-state index is 8.62. The third kappa shape index (κ3) is 1.83. The van der Waals surface area contributed by atoms with Crippen LogP contribution in [0.15, 0.2) is 24.3 Å². The number of benzene rings is 1. The molecule has 0 aliphatic carbocycles. The van der Waals surface area contributed by atoms with Crippen LogP contribution in [0.5, 0.6) is 0 Å². The molecule has 0 unspecified atom stereocenters. The molecule has 0 radical (unpaired) electrons. The molecule has 0 spiro atoms. The van der Waals surface area contributed by atoms with Crippen molar-refractivity contribution in [1.29, 1.82) is 10.5 Å². The van der Waals surface area contributed by atoms with Gasteiger partial charge in [-0.1, -0.05) is 23.5 Å². The SMILES string of the molecule is N#Cc1ccc(-c2nnc(C#N)s2)cc1. The van der Waals surface area contributed by atoms with Crippen LogP contribution in [0, 0.1) is 22.7 Å². The second-order valence-electron chi connectivity index (χ2n) is 2.71. The Hall–Kier alpha value is -2.24. The molecule has 0 saturated heterocycles. The molecule has 0 aliphatic heterocycles. The van der Waals surface area contributed by atoms with Crippen LogP contribution in [0.3, 0.4) is 0 Å². The molecule has 2 rings (SSSR count). The standard InChI is InChI=1S/C10H4N4S/c11-5-7-1-3-8(4-2-7)10-14-13-9(6-12)15-10/h1-4H. The molecule has 0 aliphatic rings. The van der Waals surface area contributed by atoms with E-state index in [9.17, 15) is 0 Å². The number of aromatic nitrogens is 2. The maximum Gasteiger partial charge on any atom is 0.218 e. The van der Waals surface area contributed by atoms with E-state index < -0.39 is 0 Å². The fourth-order valence-corrected chi connectivity index (χ4v) is 1.72. The zero-order valence-electron chi connectivity index (χ0n) is 7.51. The maximum absolute atomic E-state index is 8.62. The third-order valence-corrected chi connectivity index (χ3v) is 2.66. The van der Waals surface area contributed by atoms with Gasteiger partial charge in [-0.15, -0.1) is 10.2 Å². The second kappa shape index (κ2) is 3.87. The summed E-state index contributed by atoms with van der Waals surface area (Å²) in [6, 6.07) is 11.0. The van der Waals surface area contributed by atoms with Gasteiger partial charge in [0, 0.05) is 5.56 Å². The van der Waals surface area contributed by atoms with E-state index in [-0.39, 0.29) is 0 Å². The van der Waals surface area contributed by atoms with Gasteiger partial charge < -0.3 is 0 Å². The summed E-state index contributed by atoms with van der Waals surface area (Å²) in [6.07, 6.45) is 0. The van der Waals surface area contributed by atoms with Crippen molar-refractivity contribution in [2.24, 2.45) is 0 Å². The van der Waals surface area contributed by atoms with Crippen molar-refractivity contribution in [2.75, 3.05) is 0 Å². The Morgan fingerprint density at radius 2 is 1.73 bits per heavy atom. The largest absolute Gasteiger partial charge is 0.218 e. The van der Waals surface area contributed by atoms with Crippen molar-refractivity contribution in [1.82, 2.24) is 10.2 Å². The summed E-state index contributed by atoms with van der Waals surface area (Å²) in [4.78, 5) is 0. The summed E-state index contributed by atoms with van der Waals surface area (Å²) in [5, 5.41) is 25.8. The van der Waals surface area contributed by atoms with E-state index in [0.717, 1.165) is 5.56 Å². The molecule has 2 aromatic rings. The summed E-state index contributed by atoms with van der Waals surface area (Å²) in [6.45, 7) is 0. The minimum atomic E-state index is 0.342. The van der Waals surface area contributed by atoms with Crippen molar-refractivity contribution in [2.45, 2.75) is 0 Å². The van der Waals surface area contributed by atoms with Crippen LogP contribution in [0.2, 0.25) is 0 Å². The van der Waals surface area contributed by atoms with Gasteiger partial charge in [-0.2, -0.15) is 10.5 Å². The first kappa shape index (κ1) is 9.32. The molecule has 0 bridgehead atoms. The van der Waals surface area contributed by atoms with Gasteiger partial charge in [0.15, 0.2) is 0 Å². The molecule has 5 heteroatoms. The van der Waals surface area contributed by atoms with Crippen LogP contribution in [-0.4, -0.2) is 10.2 Å². The lowest BCUT2D eigenvalue weighted by molar-refractivity contribution is 1.08. The lowest BCUT2D eigenvalue weighted by Crippen LogP contribution is -1.78. The number of nitriles is 2. The van der Waals surface area contributed by atoms with E-state index >= 15 is 0 Å². The summed E-state index contributed by atoms with van der Waals surface area (Å²) >= 11 is 1.23. The number of rotatable bonds is 1. The van der Waals surface area contributed by atoms with Crippen LogP contribution in [0.25, 0.3) is 10.6 Å². The minimum absolute atomic E-state index is 0.342. The Morgan fingerprint density at radius 1 is 1.00 bits per heavy atom. The van der Waals surface area contributed by atoms with E-state index in [1.165, 1.54) is 11.3 Å². The van der Waals surface area contributed by atoms with Crippen LogP contribution >= 0.6 is 11.3 Å². The van der Waals surface area contributed by atoms with E-state index in [1.54, 1.807) is 24.3 Å². The molecule has 1 heterocycles. The molecule has 0 saturated carbocycles. The topological polar surface area (TPSA) is 73.4 Å². The molecule has 0 fully saturated rings. The highest BCUT2D eigenvalue weighted by Gasteiger charge is 2.05. The van der Waals surface area contributed by atoms with Crippen molar-refractivity contribution in [3.8, 4) is 22.7 Å². The van der Waals surface area contributed by atoms with Crippen LogP contribution in [0.4, 0.5) is 0 Å². The van der Waals surface area contributed by atoms with Crippen LogP contribution < -0.4 is 0 Å². The number of hydrogen-bond acceptors (Lipinski definition) is 5. The van der Waals surface area contributed by atoms with Gasteiger partial charge in [-0.25, -0.2) is 0 Å². The van der Waals surface area contributed by atoms with Gasteiger partial charge >= 0.3 is 0 Å². The Balaban J connectivity index is 2.39. The summed E-state index contributed by atoms with van der Waals surface area (Å²) < 4.78 is 0. The highest BCUT2D eigenvalue weighted by Crippen LogP contribution is 2.22. The van der Waals surface area contributed by atoms with E-state index in [1.807, 2.05) is 12.1 Å². The Bertz CT molecular complexity index is 556. The number of nitrogens with zero attached hydrogens (tertiary/aromatic N) is 4. The molecule has 1 aromatic carbocycles. The van der Waals surface area contributed by atoms with Gasteiger partial charge in [-0.05, 0) is 12.1 Å². The van der Waals surface area contributed by atoms with Crippen molar-refractivity contribution in [3.63, 3.8) is 0 Å². The highest BCUT2D eigenvalue weighted by molar-refractivity contribution is 7.15. The smallest absolute Gasteiger partial charge is 0.192 e. The molecule has 0 atom stereocenters. The Morgan fingerprint density at radius 3 is 2.27 bits per heavy atom. The monoisotopic (exact) mass is 212 g/mol. The zero-order valence-corrected chi connectivity index (χ0v) is 8.32. The van der Waals surface area contributed by atoms with Gasteiger partial charge in [0.1, 0.15) is 11.1 Å². The average molecular weight is 212 g/mol. The molecule has 1 aromatic heterocycles. The van der Waals surface area contributed by atoms with Gasteiger partial charge in [0.25, 0.3) is 0 Å². The first-order valence-electron chi connectivity index (χ1n) is 4.07. The average Bonchev–Trinajstić information content (AvgIpc) is 2.78. The molecule has 70 valence electrons. The lowest BCUT2D eigenvalue weighted by atomic mass is 10.2. The highest BCUT2D eigenvalue weighted by atomic mass is 32.1. The quantitative estimate of drug-likeness (QED) is 0.724. The van der Waals surface area contributed by atoms with Gasteiger partial charge in [0.05, 0.1) is 11.6 Å².